The maximum Gasteiger partial charge on any atom is 0.123 e. The molecule has 1 aliphatic carbocycles. The number of hydrogen-bond donors (Lipinski definition) is 0. The molecule has 0 atom stereocenters. The van der Waals surface area contributed by atoms with Gasteiger partial charge in [0.15, 0.2) is 0 Å². The van der Waals surface area contributed by atoms with Gasteiger partial charge in [0.1, 0.15) is 5.75 Å². The van der Waals surface area contributed by atoms with E-state index in [1.165, 1.54) is 0 Å². The molecule has 0 unspecified atom stereocenters. The highest BCUT2D eigenvalue weighted by atomic mass is 16.5. The molecule has 15 heavy (non-hydrogen) atoms. The number of para-hydroxylation sites is 1. The molecule has 0 bridgehead atoms. The van der Waals surface area contributed by atoms with Crippen LogP contribution in [0.4, 0.5) is 0 Å². The minimum Gasteiger partial charge on any atom is -0.496 e. The molecule has 0 heterocycles. The molecular weight excluding hydrogens is 186 g/mol. The molecule has 2 heteroatoms. The summed E-state index contributed by atoms with van der Waals surface area (Å²) in [6, 6.07) is 10.3. The zero-order valence-corrected chi connectivity index (χ0v) is 9.16. The summed E-state index contributed by atoms with van der Waals surface area (Å²) in [6.07, 6.45) is 1.90. The van der Waals surface area contributed by atoms with E-state index in [1.54, 1.807) is 7.11 Å². The summed E-state index contributed by atoms with van der Waals surface area (Å²) in [5.41, 5.74) is 0.750. The average molecular weight is 201 g/mol. The summed E-state index contributed by atoms with van der Waals surface area (Å²) in [6.45, 7) is 2.19. The third-order valence-corrected chi connectivity index (χ3v) is 3.23. The van der Waals surface area contributed by atoms with Crippen molar-refractivity contribution >= 4 is 0 Å². The maximum atomic E-state index is 9.32. The molecule has 0 N–H and O–H groups in total. The summed E-state index contributed by atoms with van der Waals surface area (Å²) in [5, 5.41) is 9.32. The van der Waals surface area contributed by atoms with Gasteiger partial charge in [-0.25, -0.2) is 0 Å². The lowest BCUT2D eigenvalue weighted by atomic mass is 9.60. The van der Waals surface area contributed by atoms with Crippen LogP contribution in [-0.2, 0) is 5.41 Å². The number of hydrogen-bond acceptors (Lipinski definition) is 2. The fraction of sp³-hybridized carbons (Fsp3) is 0.462. The van der Waals surface area contributed by atoms with Crippen molar-refractivity contribution in [3.05, 3.63) is 29.8 Å². The Morgan fingerprint density at radius 2 is 2.07 bits per heavy atom. The number of nitriles is 1. The third-order valence-electron chi connectivity index (χ3n) is 3.23. The van der Waals surface area contributed by atoms with Crippen LogP contribution in [0.2, 0.25) is 0 Å². The highest BCUT2D eigenvalue weighted by molar-refractivity contribution is 5.45. The lowest BCUT2D eigenvalue weighted by Gasteiger charge is -2.41. The van der Waals surface area contributed by atoms with Gasteiger partial charge < -0.3 is 4.74 Å². The molecule has 1 aliphatic rings. The molecule has 2 nitrogen and oxygen atoms in total. The molecule has 1 saturated carbocycles. The highest BCUT2D eigenvalue weighted by Gasteiger charge is 2.45. The van der Waals surface area contributed by atoms with E-state index in [4.69, 9.17) is 4.74 Å². The van der Waals surface area contributed by atoms with E-state index < -0.39 is 0 Å². The van der Waals surface area contributed by atoms with E-state index in [1.807, 2.05) is 24.3 Å². The number of ether oxygens (including phenoxy) is 1. The standard InChI is InChI=1S/C13H15NO/c1-10-7-13(8-10,9-14)11-5-3-4-6-12(11)15-2/h3-6,10H,7-8H2,1-2H3/t10-,13-. The van der Waals surface area contributed by atoms with Crippen molar-refractivity contribution < 1.29 is 4.74 Å². The zero-order chi connectivity index (χ0) is 10.9. The number of rotatable bonds is 2. The number of benzene rings is 1. The topological polar surface area (TPSA) is 33.0 Å². The summed E-state index contributed by atoms with van der Waals surface area (Å²) >= 11 is 0. The van der Waals surface area contributed by atoms with Crippen LogP contribution in [0.25, 0.3) is 0 Å². The van der Waals surface area contributed by atoms with Crippen LogP contribution in [0.15, 0.2) is 24.3 Å². The van der Waals surface area contributed by atoms with Gasteiger partial charge in [-0.1, -0.05) is 25.1 Å². The summed E-state index contributed by atoms with van der Waals surface area (Å²) in [4.78, 5) is 0. The Kier molecular flexibility index (Phi) is 2.40. The lowest BCUT2D eigenvalue weighted by Crippen LogP contribution is -2.38. The maximum absolute atomic E-state index is 9.32. The first kappa shape index (κ1) is 10.0. The van der Waals surface area contributed by atoms with E-state index in [0.29, 0.717) is 5.92 Å². The molecule has 1 fully saturated rings. The Balaban J connectivity index is 2.41. The van der Waals surface area contributed by atoms with Gasteiger partial charge >= 0.3 is 0 Å². The summed E-state index contributed by atoms with van der Waals surface area (Å²) in [5.74, 6) is 1.49. The first-order valence-electron chi connectivity index (χ1n) is 5.26. The molecular formula is C13H15NO. The summed E-state index contributed by atoms with van der Waals surface area (Å²) < 4.78 is 5.31. The van der Waals surface area contributed by atoms with Crippen LogP contribution >= 0.6 is 0 Å². The van der Waals surface area contributed by atoms with Gasteiger partial charge in [0.2, 0.25) is 0 Å². The van der Waals surface area contributed by atoms with Gasteiger partial charge in [-0.15, -0.1) is 0 Å². The van der Waals surface area contributed by atoms with E-state index in [-0.39, 0.29) is 5.41 Å². The molecule has 1 aromatic carbocycles. The molecule has 2 rings (SSSR count). The number of nitrogens with zero attached hydrogens (tertiary/aromatic N) is 1. The fourth-order valence-electron chi connectivity index (χ4n) is 2.54. The molecule has 0 aromatic heterocycles. The first-order valence-corrected chi connectivity index (χ1v) is 5.26. The first-order chi connectivity index (χ1) is 7.22. The molecule has 78 valence electrons. The average Bonchev–Trinajstić information content (AvgIpc) is 2.24. The Morgan fingerprint density at radius 1 is 1.40 bits per heavy atom. The Labute approximate surface area is 90.5 Å². The van der Waals surface area contributed by atoms with E-state index >= 15 is 0 Å². The van der Waals surface area contributed by atoms with Crippen LogP contribution in [0, 0.1) is 17.2 Å². The quantitative estimate of drug-likeness (QED) is 0.737. The SMILES string of the molecule is COc1ccccc1[C@]1(C#N)C[C@@H](C)C1. The number of methoxy groups -OCH3 is 1. The van der Waals surface area contributed by atoms with E-state index in [0.717, 1.165) is 24.2 Å². The molecule has 0 amide bonds. The second-order valence-electron chi connectivity index (χ2n) is 4.41. The minimum absolute atomic E-state index is 0.300. The molecule has 0 saturated heterocycles. The minimum atomic E-state index is -0.300. The van der Waals surface area contributed by atoms with Gasteiger partial charge in [-0.05, 0) is 24.8 Å². The monoisotopic (exact) mass is 201 g/mol. The Morgan fingerprint density at radius 3 is 2.60 bits per heavy atom. The second-order valence-corrected chi connectivity index (χ2v) is 4.41. The largest absolute Gasteiger partial charge is 0.496 e. The predicted octanol–water partition coefficient (Wildman–Crippen LogP) is 2.89. The Bertz CT molecular complexity index is 399. The van der Waals surface area contributed by atoms with Gasteiger partial charge in [-0.2, -0.15) is 5.26 Å². The Hall–Kier alpha value is -1.49. The van der Waals surface area contributed by atoms with Crippen LogP contribution in [0.5, 0.6) is 5.75 Å². The third kappa shape index (κ3) is 1.48. The fourth-order valence-corrected chi connectivity index (χ4v) is 2.54. The van der Waals surface area contributed by atoms with Gasteiger partial charge in [0, 0.05) is 5.56 Å². The van der Waals surface area contributed by atoms with Crippen molar-refractivity contribution in [3.63, 3.8) is 0 Å². The van der Waals surface area contributed by atoms with E-state index in [2.05, 4.69) is 13.0 Å². The zero-order valence-electron chi connectivity index (χ0n) is 9.16. The normalized spacial score (nSPS) is 29.0. The van der Waals surface area contributed by atoms with Crippen molar-refractivity contribution in [2.24, 2.45) is 5.92 Å². The summed E-state index contributed by atoms with van der Waals surface area (Å²) in [7, 11) is 1.66. The van der Waals surface area contributed by atoms with Gasteiger partial charge in [0.05, 0.1) is 18.6 Å². The molecule has 0 spiro atoms. The van der Waals surface area contributed by atoms with Crippen LogP contribution < -0.4 is 4.74 Å². The van der Waals surface area contributed by atoms with Crippen molar-refractivity contribution in [1.82, 2.24) is 0 Å². The van der Waals surface area contributed by atoms with Gasteiger partial charge in [0.25, 0.3) is 0 Å². The lowest BCUT2D eigenvalue weighted by molar-refractivity contribution is 0.211. The second kappa shape index (κ2) is 3.58. The van der Waals surface area contributed by atoms with Crippen molar-refractivity contribution in [1.29, 1.82) is 5.26 Å². The van der Waals surface area contributed by atoms with Gasteiger partial charge in [-0.3, -0.25) is 0 Å². The smallest absolute Gasteiger partial charge is 0.123 e. The van der Waals surface area contributed by atoms with Crippen LogP contribution in [-0.4, -0.2) is 7.11 Å². The predicted molar refractivity (Wildman–Crippen MR) is 58.7 cm³/mol. The van der Waals surface area contributed by atoms with Crippen molar-refractivity contribution in [2.75, 3.05) is 7.11 Å². The van der Waals surface area contributed by atoms with E-state index in [9.17, 15) is 5.26 Å². The molecule has 0 radical (unpaired) electrons. The highest BCUT2D eigenvalue weighted by Crippen LogP contribution is 2.49. The van der Waals surface area contributed by atoms with Crippen molar-refractivity contribution in [3.8, 4) is 11.8 Å². The van der Waals surface area contributed by atoms with Crippen LogP contribution in [0.3, 0.4) is 0 Å². The van der Waals surface area contributed by atoms with Crippen LogP contribution in [0.1, 0.15) is 25.3 Å². The molecule has 0 aliphatic heterocycles. The van der Waals surface area contributed by atoms with Crippen molar-refractivity contribution in [2.45, 2.75) is 25.2 Å². The molecule has 1 aromatic rings.